The van der Waals surface area contributed by atoms with Gasteiger partial charge in [0.1, 0.15) is 4.60 Å². The average molecular weight is 309 g/mol. The van der Waals surface area contributed by atoms with Crippen LogP contribution in [0.15, 0.2) is 22.8 Å². The fraction of sp³-hybridized carbons (Fsp3) is 0.462. The molecule has 1 aromatic heterocycles. The number of nitrogens with zero attached hydrogens (tertiary/aromatic N) is 2. The zero-order valence-corrected chi connectivity index (χ0v) is 11.8. The van der Waals surface area contributed by atoms with Crippen LogP contribution in [0.4, 0.5) is 0 Å². The highest BCUT2D eigenvalue weighted by atomic mass is 79.9. The molecule has 5 heteroatoms. The van der Waals surface area contributed by atoms with Gasteiger partial charge in [-0.05, 0) is 40.0 Å². The lowest BCUT2D eigenvalue weighted by molar-refractivity contribution is 0.244. The van der Waals surface area contributed by atoms with Gasteiger partial charge < -0.3 is 10.2 Å². The summed E-state index contributed by atoms with van der Waals surface area (Å²) in [5.41, 5.74) is 2.40. The second-order valence-corrected chi connectivity index (χ2v) is 5.52. The van der Waals surface area contributed by atoms with Crippen LogP contribution in [0, 0.1) is 0 Å². The van der Waals surface area contributed by atoms with Gasteiger partial charge >= 0.3 is 0 Å². The Morgan fingerprint density at radius 3 is 2.94 bits per heavy atom. The fourth-order valence-electron chi connectivity index (χ4n) is 2.40. The highest BCUT2D eigenvalue weighted by Crippen LogP contribution is 2.22. The second kappa shape index (κ2) is 5.38. The van der Waals surface area contributed by atoms with Gasteiger partial charge in [-0.2, -0.15) is 5.10 Å². The van der Waals surface area contributed by atoms with Crippen molar-refractivity contribution in [1.29, 1.82) is 0 Å². The number of hydrogen-bond donors (Lipinski definition) is 2. The minimum Gasteiger partial charge on any atom is -0.314 e. The standard InChI is InChI=1S/C13H17BrN4/c14-13-11-9-10(1-2-12(11)16-17-13)3-6-18-7-4-15-5-8-18/h1-2,9,15H,3-8H2,(H,16,17). The molecule has 18 heavy (non-hydrogen) atoms. The minimum atomic E-state index is 0.974. The summed E-state index contributed by atoms with van der Waals surface area (Å²) in [4.78, 5) is 2.52. The van der Waals surface area contributed by atoms with Crippen LogP contribution in [0.1, 0.15) is 5.56 Å². The summed E-state index contributed by atoms with van der Waals surface area (Å²) in [6.45, 7) is 5.70. The Labute approximate surface area is 115 Å². The maximum Gasteiger partial charge on any atom is 0.108 e. The van der Waals surface area contributed by atoms with Gasteiger partial charge in [0.05, 0.1) is 5.52 Å². The number of fused-ring (bicyclic) bond motifs is 1. The third-order valence-electron chi connectivity index (χ3n) is 3.50. The summed E-state index contributed by atoms with van der Waals surface area (Å²) >= 11 is 3.49. The largest absolute Gasteiger partial charge is 0.314 e. The zero-order chi connectivity index (χ0) is 12.4. The Balaban J connectivity index is 1.68. The molecule has 1 saturated heterocycles. The van der Waals surface area contributed by atoms with E-state index in [0.717, 1.165) is 49.3 Å². The van der Waals surface area contributed by atoms with Gasteiger partial charge in [-0.3, -0.25) is 5.10 Å². The predicted octanol–water partition coefficient (Wildman–Crippen LogP) is 1.77. The number of aromatic amines is 1. The lowest BCUT2D eigenvalue weighted by Crippen LogP contribution is -2.44. The van der Waals surface area contributed by atoms with E-state index >= 15 is 0 Å². The molecule has 1 aromatic carbocycles. The van der Waals surface area contributed by atoms with Gasteiger partial charge in [-0.25, -0.2) is 0 Å². The van der Waals surface area contributed by atoms with Crippen LogP contribution in [-0.4, -0.2) is 47.8 Å². The molecule has 2 aromatic rings. The van der Waals surface area contributed by atoms with E-state index in [2.05, 4.69) is 54.5 Å². The topological polar surface area (TPSA) is 44.0 Å². The van der Waals surface area contributed by atoms with Gasteiger partial charge in [0.2, 0.25) is 0 Å². The Morgan fingerprint density at radius 2 is 2.11 bits per heavy atom. The van der Waals surface area contributed by atoms with Crippen molar-refractivity contribution >= 4 is 26.8 Å². The molecule has 0 aliphatic carbocycles. The highest BCUT2D eigenvalue weighted by Gasteiger charge is 2.09. The van der Waals surface area contributed by atoms with Crippen molar-refractivity contribution in [2.75, 3.05) is 32.7 Å². The first-order valence-corrected chi connectivity index (χ1v) is 7.18. The Kier molecular flexibility index (Phi) is 3.63. The van der Waals surface area contributed by atoms with Gasteiger partial charge in [-0.1, -0.05) is 6.07 Å². The van der Waals surface area contributed by atoms with Gasteiger partial charge in [0.25, 0.3) is 0 Å². The van der Waals surface area contributed by atoms with E-state index in [9.17, 15) is 0 Å². The number of rotatable bonds is 3. The normalized spacial score (nSPS) is 17.4. The molecule has 96 valence electrons. The van der Waals surface area contributed by atoms with Crippen LogP contribution in [-0.2, 0) is 6.42 Å². The lowest BCUT2D eigenvalue weighted by Gasteiger charge is -2.27. The van der Waals surface area contributed by atoms with E-state index < -0.39 is 0 Å². The molecular formula is C13H17BrN4. The molecule has 2 N–H and O–H groups in total. The zero-order valence-electron chi connectivity index (χ0n) is 10.2. The molecule has 0 radical (unpaired) electrons. The minimum absolute atomic E-state index is 0.974. The highest BCUT2D eigenvalue weighted by molar-refractivity contribution is 9.10. The van der Waals surface area contributed by atoms with E-state index in [1.54, 1.807) is 0 Å². The van der Waals surface area contributed by atoms with Gasteiger partial charge in [-0.15, -0.1) is 0 Å². The molecule has 4 nitrogen and oxygen atoms in total. The quantitative estimate of drug-likeness (QED) is 0.908. The number of benzene rings is 1. The summed E-state index contributed by atoms with van der Waals surface area (Å²) in [5, 5.41) is 11.7. The monoisotopic (exact) mass is 308 g/mol. The van der Waals surface area contributed by atoms with Crippen LogP contribution in [0.25, 0.3) is 10.9 Å². The SMILES string of the molecule is Brc1[nH]nc2ccc(CCN3CCNCC3)cc12. The molecule has 0 bridgehead atoms. The van der Waals surface area contributed by atoms with Gasteiger partial charge in [0.15, 0.2) is 0 Å². The number of halogens is 1. The summed E-state index contributed by atoms with van der Waals surface area (Å²) in [6.07, 6.45) is 1.10. The number of H-pyrrole nitrogens is 1. The van der Waals surface area contributed by atoms with E-state index in [-0.39, 0.29) is 0 Å². The van der Waals surface area contributed by atoms with Crippen LogP contribution in [0.2, 0.25) is 0 Å². The van der Waals surface area contributed by atoms with Crippen molar-refractivity contribution < 1.29 is 0 Å². The molecule has 0 amide bonds. The number of hydrogen-bond acceptors (Lipinski definition) is 3. The van der Waals surface area contributed by atoms with Crippen molar-refractivity contribution in [2.45, 2.75) is 6.42 Å². The first-order valence-electron chi connectivity index (χ1n) is 6.38. The molecule has 1 aliphatic rings. The van der Waals surface area contributed by atoms with Crippen molar-refractivity contribution in [3.63, 3.8) is 0 Å². The van der Waals surface area contributed by atoms with Crippen LogP contribution in [0.3, 0.4) is 0 Å². The Morgan fingerprint density at radius 1 is 1.28 bits per heavy atom. The van der Waals surface area contributed by atoms with E-state index in [4.69, 9.17) is 0 Å². The lowest BCUT2D eigenvalue weighted by atomic mass is 10.1. The van der Waals surface area contributed by atoms with Crippen molar-refractivity contribution in [3.05, 3.63) is 28.4 Å². The number of nitrogens with one attached hydrogen (secondary N) is 2. The van der Waals surface area contributed by atoms with E-state index in [0.29, 0.717) is 0 Å². The predicted molar refractivity (Wildman–Crippen MR) is 76.8 cm³/mol. The van der Waals surface area contributed by atoms with Crippen molar-refractivity contribution in [1.82, 2.24) is 20.4 Å². The van der Waals surface area contributed by atoms with Crippen LogP contribution < -0.4 is 5.32 Å². The number of aromatic nitrogens is 2. The molecule has 2 heterocycles. The Hall–Kier alpha value is -0.910. The summed E-state index contributed by atoms with van der Waals surface area (Å²) in [7, 11) is 0. The summed E-state index contributed by atoms with van der Waals surface area (Å²) in [5.74, 6) is 0. The third-order valence-corrected chi connectivity index (χ3v) is 4.10. The van der Waals surface area contributed by atoms with Crippen LogP contribution in [0.5, 0.6) is 0 Å². The molecule has 1 fully saturated rings. The summed E-state index contributed by atoms with van der Waals surface area (Å²) < 4.78 is 0.974. The van der Waals surface area contributed by atoms with Crippen molar-refractivity contribution in [3.8, 4) is 0 Å². The molecule has 0 spiro atoms. The number of piperazine rings is 1. The maximum atomic E-state index is 4.22. The molecule has 0 unspecified atom stereocenters. The molecule has 0 saturated carbocycles. The first-order chi connectivity index (χ1) is 8.83. The van der Waals surface area contributed by atoms with E-state index in [1.165, 1.54) is 10.9 Å². The van der Waals surface area contributed by atoms with Crippen LogP contribution >= 0.6 is 15.9 Å². The fourth-order valence-corrected chi connectivity index (χ4v) is 2.81. The average Bonchev–Trinajstić information content (AvgIpc) is 2.79. The van der Waals surface area contributed by atoms with Crippen molar-refractivity contribution in [2.24, 2.45) is 0 Å². The summed E-state index contributed by atoms with van der Waals surface area (Å²) in [6, 6.07) is 6.49. The molecule has 0 atom stereocenters. The maximum absolute atomic E-state index is 4.22. The molecule has 1 aliphatic heterocycles. The first kappa shape index (κ1) is 12.1. The van der Waals surface area contributed by atoms with Gasteiger partial charge in [0, 0.05) is 38.1 Å². The third kappa shape index (κ3) is 2.58. The smallest absolute Gasteiger partial charge is 0.108 e. The molecule has 3 rings (SSSR count). The second-order valence-electron chi connectivity index (χ2n) is 4.73. The Bertz CT molecular complexity index is 531. The van der Waals surface area contributed by atoms with E-state index in [1.807, 2.05) is 0 Å². The molecular weight excluding hydrogens is 292 g/mol.